The molecule has 0 aliphatic heterocycles. The number of rotatable bonds is 6. The predicted molar refractivity (Wildman–Crippen MR) is 68.5 cm³/mol. The molecule has 0 unspecified atom stereocenters. The summed E-state index contributed by atoms with van der Waals surface area (Å²) in [5.41, 5.74) is 2.40. The molecule has 100 valence electrons. The zero-order valence-corrected chi connectivity index (χ0v) is 10.7. The van der Waals surface area contributed by atoms with E-state index in [1.165, 1.54) is 12.7 Å². The predicted octanol–water partition coefficient (Wildman–Crippen LogP) is 0.752. The second-order valence-electron chi connectivity index (χ2n) is 4.34. The van der Waals surface area contributed by atoms with Gasteiger partial charge < -0.3 is 20.2 Å². The number of hydrazine groups is 1. The maximum atomic E-state index is 5.54. The molecule has 1 fully saturated rings. The first kappa shape index (κ1) is 12.8. The van der Waals surface area contributed by atoms with Crippen molar-refractivity contribution in [3.05, 3.63) is 6.33 Å². The molecule has 4 N–H and O–H groups in total. The fraction of sp³-hybridized carbons (Fsp3) is 0.636. The van der Waals surface area contributed by atoms with Gasteiger partial charge in [-0.1, -0.05) is 0 Å². The van der Waals surface area contributed by atoms with Crippen molar-refractivity contribution < 1.29 is 9.47 Å². The van der Waals surface area contributed by atoms with E-state index in [1.54, 1.807) is 14.2 Å². The van der Waals surface area contributed by atoms with E-state index in [1.807, 2.05) is 0 Å². The third kappa shape index (κ3) is 2.32. The van der Waals surface area contributed by atoms with Gasteiger partial charge in [0.2, 0.25) is 5.75 Å². The van der Waals surface area contributed by atoms with Crippen molar-refractivity contribution in [2.24, 2.45) is 5.84 Å². The summed E-state index contributed by atoms with van der Waals surface area (Å²) in [6.07, 6.45) is 4.75. The molecule has 0 aromatic carbocycles. The zero-order chi connectivity index (χ0) is 13.0. The van der Waals surface area contributed by atoms with Crippen LogP contribution in [0.4, 0.5) is 11.6 Å². The SMILES string of the molecule is COc1c(NN)ncnc1NCC1(OC)CCC1. The smallest absolute Gasteiger partial charge is 0.205 e. The van der Waals surface area contributed by atoms with E-state index in [9.17, 15) is 0 Å². The van der Waals surface area contributed by atoms with Crippen LogP contribution in [0.15, 0.2) is 6.33 Å². The van der Waals surface area contributed by atoms with Crippen molar-refractivity contribution in [3.63, 3.8) is 0 Å². The van der Waals surface area contributed by atoms with Crippen LogP contribution in [0.5, 0.6) is 5.75 Å². The fourth-order valence-electron chi connectivity index (χ4n) is 2.06. The average molecular weight is 253 g/mol. The van der Waals surface area contributed by atoms with Crippen molar-refractivity contribution in [2.75, 3.05) is 31.5 Å². The molecule has 1 aromatic heterocycles. The number of aromatic nitrogens is 2. The quantitative estimate of drug-likeness (QED) is 0.508. The Morgan fingerprint density at radius 3 is 2.56 bits per heavy atom. The maximum absolute atomic E-state index is 5.54. The van der Waals surface area contributed by atoms with Crippen LogP contribution >= 0.6 is 0 Å². The molecule has 1 aliphatic rings. The van der Waals surface area contributed by atoms with Crippen LogP contribution < -0.4 is 21.3 Å². The first-order valence-corrected chi connectivity index (χ1v) is 5.89. The van der Waals surface area contributed by atoms with E-state index in [0.29, 0.717) is 23.9 Å². The normalized spacial score (nSPS) is 16.8. The van der Waals surface area contributed by atoms with Gasteiger partial charge >= 0.3 is 0 Å². The highest BCUT2D eigenvalue weighted by Crippen LogP contribution is 2.36. The molecule has 1 saturated carbocycles. The van der Waals surface area contributed by atoms with Crippen LogP contribution in [-0.2, 0) is 4.74 Å². The third-order valence-corrected chi connectivity index (χ3v) is 3.42. The summed E-state index contributed by atoms with van der Waals surface area (Å²) in [5, 5.41) is 3.24. The van der Waals surface area contributed by atoms with Gasteiger partial charge in [0.1, 0.15) is 6.33 Å². The van der Waals surface area contributed by atoms with Crippen LogP contribution in [0.25, 0.3) is 0 Å². The summed E-state index contributed by atoms with van der Waals surface area (Å²) in [6, 6.07) is 0. The Morgan fingerprint density at radius 1 is 1.33 bits per heavy atom. The average Bonchev–Trinajstić information content (AvgIpc) is 2.37. The van der Waals surface area contributed by atoms with E-state index in [-0.39, 0.29) is 5.60 Å². The maximum Gasteiger partial charge on any atom is 0.205 e. The van der Waals surface area contributed by atoms with Crippen LogP contribution in [0, 0.1) is 0 Å². The molecule has 0 radical (unpaired) electrons. The van der Waals surface area contributed by atoms with Gasteiger partial charge in [0.25, 0.3) is 0 Å². The van der Waals surface area contributed by atoms with Gasteiger partial charge in [-0.15, -0.1) is 0 Å². The molecule has 0 bridgehead atoms. The molecule has 0 atom stereocenters. The van der Waals surface area contributed by atoms with Gasteiger partial charge in [-0.25, -0.2) is 15.8 Å². The van der Waals surface area contributed by atoms with Crippen molar-refractivity contribution in [2.45, 2.75) is 24.9 Å². The molecular formula is C11H19N5O2. The Morgan fingerprint density at radius 2 is 2.06 bits per heavy atom. The lowest BCUT2D eigenvalue weighted by atomic mass is 9.80. The second-order valence-corrected chi connectivity index (χ2v) is 4.34. The minimum absolute atomic E-state index is 0.0771. The zero-order valence-electron chi connectivity index (χ0n) is 10.7. The molecule has 18 heavy (non-hydrogen) atoms. The number of nitrogens with two attached hydrogens (primary N) is 1. The number of hydrogen-bond donors (Lipinski definition) is 3. The van der Waals surface area contributed by atoms with Crippen LogP contribution in [0.1, 0.15) is 19.3 Å². The molecule has 1 aromatic rings. The number of methoxy groups -OCH3 is 2. The summed E-state index contributed by atoms with van der Waals surface area (Å²) in [4.78, 5) is 8.14. The minimum Gasteiger partial charge on any atom is -0.490 e. The Kier molecular flexibility index (Phi) is 3.83. The number of nitrogens with one attached hydrogen (secondary N) is 2. The van der Waals surface area contributed by atoms with Crippen molar-refractivity contribution >= 4 is 11.6 Å². The molecule has 7 heteroatoms. The highest BCUT2D eigenvalue weighted by Gasteiger charge is 2.37. The first-order chi connectivity index (χ1) is 8.74. The van der Waals surface area contributed by atoms with E-state index >= 15 is 0 Å². The van der Waals surface area contributed by atoms with E-state index in [0.717, 1.165) is 12.8 Å². The number of nitrogen functional groups attached to an aromatic ring is 1. The van der Waals surface area contributed by atoms with E-state index in [2.05, 4.69) is 20.7 Å². The lowest BCUT2D eigenvalue weighted by molar-refractivity contribution is -0.0601. The van der Waals surface area contributed by atoms with Crippen molar-refractivity contribution in [1.82, 2.24) is 9.97 Å². The monoisotopic (exact) mass is 253 g/mol. The van der Waals surface area contributed by atoms with Crippen molar-refractivity contribution in [3.8, 4) is 5.75 Å². The number of ether oxygens (including phenoxy) is 2. The van der Waals surface area contributed by atoms with Crippen LogP contribution in [0.2, 0.25) is 0 Å². The summed E-state index contributed by atoms with van der Waals surface area (Å²) in [5.74, 6) is 6.94. The summed E-state index contributed by atoms with van der Waals surface area (Å²) < 4.78 is 10.8. The number of anilines is 2. The highest BCUT2D eigenvalue weighted by molar-refractivity contribution is 5.63. The molecule has 0 amide bonds. The Labute approximate surface area is 106 Å². The largest absolute Gasteiger partial charge is 0.490 e. The topological polar surface area (TPSA) is 94.3 Å². The number of hydrogen-bond acceptors (Lipinski definition) is 7. The van der Waals surface area contributed by atoms with Gasteiger partial charge in [0.05, 0.1) is 12.7 Å². The molecule has 2 rings (SSSR count). The number of nitrogens with zero attached hydrogens (tertiary/aromatic N) is 2. The lowest BCUT2D eigenvalue weighted by Crippen LogP contribution is -2.45. The third-order valence-electron chi connectivity index (χ3n) is 3.42. The van der Waals surface area contributed by atoms with E-state index < -0.39 is 0 Å². The van der Waals surface area contributed by atoms with Crippen LogP contribution in [0.3, 0.4) is 0 Å². The molecule has 7 nitrogen and oxygen atoms in total. The second kappa shape index (κ2) is 5.36. The fourth-order valence-corrected chi connectivity index (χ4v) is 2.06. The van der Waals surface area contributed by atoms with Gasteiger partial charge in [0.15, 0.2) is 11.6 Å². The lowest BCUT2D eigenvalue weighted by Gasteiger charge is -2.40. The van der Waals surface area contributed by atoms with Crippen LogP contribution in [-0.4, -0.2) is 36.3 Å². The Balaban J connectivity index is 2.09. The molecular weight excluding hydrogens is 234 g/mol. The minimum atomic E-state index is -0.0771. The molecule has 1 aliphatic carbocycles. The molecule has 0 spiro atoms. The Bertz CT molecular complexity index is 403. The highest BCUT2D eigenvalue weighted by atomic mass is 16.5. The van der Waals surface area contributed by atoms with Crippen molar-refractivity contribution in [1.29, 1.82) is 0 Å². The summed E-state index contributed by atoms with van der Waals surface area (Å²) >= 11 is 0. The van der Waals surface area contributed by atoms with E-state index in [4.69, 9.17) is 15.3 Å². The Hall–Kier alpha value is -1.60. The summed E-state index contributed by atoms with van der Waals surface area (Å²) in [6.45, 7) is 0.695. The molecule has 1 heterocycles. The van der Waals surface area contributed by atoms with Gasteiger partial charge in [-0.2, -0.15) is 0 Å². The van der Waals surface area contributed by atoms with Gasteiger partial charge in [-0.05, 0) is 19.3 Å². The van der Waals surface area contributed by atoms with Gasteiger partial charge in [0, 0.05) is 13.7 Å². The standard InChI is InChI=1S/C11H19N5O2/c1-17-8-9(14-7-15-10(8)16-12)13-6-11(18-2)4-3-5-11/h7H,3-6,12H2,1-2H3,(H2,13,14,15,16). The first-order valence-electron chi connectivity index (χ1n) is 5.89. The van der Waals surface area contributed by atoms with Gasteiger partial charge in [-0.3, -0.25) is 0 Å². The summed E-state index contributed by atoms with van der Waals surface area (Å²) in [7, 11) is 3.30. The molecule has 0 saturated heterocycles.